The van der Waals surface area contributed by atoms with Crippen LogP contribution in [0.2, 0.25) is 0 Å². The number of nitrogens with one attached hydrogen (secondary N) is 1. The number of aliphatic hydroxyl groups excluding tert-OH is 1. The molecule has 1 aromatic carbocycles. The molecule has 0 aromatic heterocycles. The lowest BCUT2D eigenvalue weighted by molar-refractivity contribution is -0.133. The van der Waals surface area contributed by atoms with E-state index in [0.717, 1.165) is 0 Å². The molecule has 2 unspecified atom stereocenters. The number of anilines is 1. The van der Waals surface area contributed by atoms with Crippen LogP contribution in [0.15, 0.2) is 24.3 Å². The molecule has 2 rings (SSSR count). The number of rotatable bonds is 4. The topological polar surface area (TPSA) is 87.8 Å². The quantitative estimate of drug-likeness (QED) is 0.662. The van der Waals surface area contributed by atoms with Crippen molar-refractivity contribution in [3.05, 3.63) is 29.8 Å². The number of benzene rings is 1. The van der Waals surface area contributed by atoms with Gasteiger partial charge in [0.05, 0.1) is 19.3 Å². The lowest BCUT2D eigenvalue weighted by atomic mass is 10.1. The Labute approximate surface area is 118 Å². The number of amides is 1. The molecule has 110 valence electrons. The fourth-order valence-corrected chi connectivity index (χ4v) is 2.40. The number of hydrogen-bond donors (Lipinski definition) is 3. The number of ether oxygens (including phenoxy) is 1. The predicted octanol–water partition coefficient (Wildman–Crippen LogP) is -0.251. The van der Waals surface area contributed by atoms with Crippen molar-refractivity contribution in [1.82, 2.24) is 10.2 Å². The van der Waals surface area contributed by atoms with Crippen molar-refractivity contribution in [1.29, 1.82) is 0 Å². The molecule has 1 saturated heterocycles. The van der Waals surface area contributed by atoms with Crippen LogP contribution in [-0.4, -0.2) is 55.3 Å². The number of carbonyl (C=O) groups excluding carboxylic acids is 1. The van der Waals surface area contributed by atoms with Crippen molar-refractivity contribution in [3.63, 3.8) is 0 Å². The van der Waals surface area contributed by atoms with E-state index in [1.54, 1.807) is 19.2 Å². The number of para-hydroxylation sites is 1. The molecule has 0 aliphatic carbocycles. The lowest BCUT2D eigenvalue weighted by Crippen LogP contribution is -2.54. The standard InChI is InChI=1S/C14H21N3O3/c1-16-14(19)12-9-20-7-6-17(12)8-13(18)10-4-2-3-5-11(10)15/h2-5,12-13,18H,6-9,15H2,1H3,(H,16,19). The number of likely N-dealkylation sites (N-methyl/N-ethyl adjacent to an activating group) is 1. The molecule has 1 aromatic rings. The summed E-state index contributed by atoms with van der Waals surface area (Å²) in [5.41, 5.74) is 7.11. The zero-order chi connectivity index (χ0) is 14.5. The summed E-state index contributed by atoms with van der Waals surface area (Å²) in [6, 6.07) is 6.86. The Bertz CT molecular complexity index is 467. The number of hydrogen-bond acceptors (Lipinski definition) is 5. The number of nitrogens with two attached hydrogens (primary N) is 1. The molecule has 20 heavy (non-hydrogen) atoms. The Balaban J connectivity index is 2.07. The average molecular weight is 279 g/mol. The Morgan fingerprint density at radius 3 is 3.05 bits per heavy atom. The fraction of sp³-hybridized carbons (Fsp3) is 0.500. The maximum absolute atomic E-state index is 11.8. The molecular weight excluding hydrogens is 258 g/mol. The lowest BCUT2D eigenvalue weighted by Gasteiger charge is -2.35. The van der Waals surface area contributed by atoms with Gasteiger partial charge in [-0.25, -0.2) is 0 Å². The van der Waals surface area contributed by atoms with Crippen LogP contribution in [0.3, 0.4) is 0 Å². The molecule has 2 atom stereocenters. The Morgan fingerprint density at radius 1 is 1.60 bits per heavy atom. The first kappa shape index (κ1) is 14.8. The van der Waals surface area contributed by atoms with Crippen LogP contribution in [0.25, 0.3) is 0 Å². The molecule has 0 spiro atoms. The van der Waals surface area contributed by atoms with Gasteiger partial charge in [-0.15, -0.1) is 0 Å². The molecule has 1 heterocycles. The van der Waals surface area contributed by atoms with Crippen molar-refractivity contribution in [2.24, 2.45) is 0 Å². The number of morpholine rings is 1. The van der Waals surface area contributed by atoms with Gasteiger partial charge in [-0.3, -0.25) is 9.69 Å². The third kappa shape index (κ3) is 3.27. The fourth-order valence-electron chi connectivity index (χ4n) is 2.40. The van der Waals surface area contributed by atoms with Crippen LogP contribution in [0, 0.1) is 0 Å². The highest BCUT2D eigenvalue weighted by molar-refractivity contribution is 5.81. The first-order chi connectivity index (χ1) is 9.63. The highest BCUT2D eigenvalue weighted by atomic mass is 16.5. The summed E-state index contributed by atoms with van der Waals surface area (Å²) < 4.78 is 5.34. The van der Waals surface area contributed by atoms with Crippen molar-refractivity contribution >= 4 is 11.6 Å². The van der Waals surface area contributed by atoms with Crippen LogP contribution >= 0.6 is 0 Å². The minimum absolute atomic E-state index is 0.0991. The molecule has 1 aliphatic heterocycles. The van der Waals surface area contributed by atoms with Crippen LogP contribution < -0.4 is 11.1 Å². The van der Waals surface area contributed by atoms with Gasteiger partial charge in [0.25, 0.3) is 0 Å². The van der Waals surface area contributed by atoms with E-state index in [2.05, 4.69) is 5.32 Å². The summed E-state index contributed by atoms with van der Waals surface area (Å²) in [6.45, 7) is 1.87. The highest BCUT2D eigenvalue weighted by Gasteiger charge is 2.30. The van der Waals surface area contributed by atoms with Crippen LogP contribution in [0.1, 0.15) is 11.7 Å². The summed E-state index contributed by atoms with van der Waals surface area (Å²) in [4.78, 5) is 13.8. The highest BCUT2D eigenvalue weighted by Crippen LogP contribution is 2.22. The number of nitrogens with zero attached hydrogens (tertiary/aromatic N) is 1. The first-order valence-corrected chi connectivity index (χ1v) is 6.69. The van der Waals surface area contributed by atoms with Crippen LogP contribution in [0.4, 0.5) is 5.69 Å². The van der Waals surface area contributed by atoms with E-state index < -0.39 is 6.10 Å². The third-order valence-electron chi connectivity index (χ3n) is 3.55. The molecule has 1 fully saturated rings. The maximum atomic E-state index is 11.8. The van der Waals surface area contributed by atoms with Gasteiger partial charge in [-0.05, 0) is 6.07 Å². The Kier molecular flexibility index (Phi) is 4.94. The summed E-state index contributed by atoms with van der Waals surface area (Å²) >= 11 is 0. The summed E-state index contributed by atoms with van der Waals surface area (Å²) in [7, 11) is 1.60. The van der Waals surface area contributed by atoms with Gasteiger partial charge < -0.3 is 20.9 Å². The number of nitrogen functional groups attached to an aromatic ring is 1. The zero-order valence-corrected chi connectivity index (χ0v) is 11.6. The van der Waals surface area contributed by atoms with Gasteiger partial charge in [0.15, 0.2) is 0 Å². The van der Waals surface area contributed by atoms with Crippen molar-refractivity contribution < 1.29 is 14.6 Å². The SMILES string of the molecule is CNC(=O)C1COCCN1CC(O)c1ccccc1N. The molecule has 4 N–H and O–H groups in total. The van der Waals surface area contributed by atoms with Crippen molar-refractivity contribution in [2.75, 3.05) is 39.1 Å². The average Bonchev–Trinajstić information content (AvgIpc) is 2.47. The molecule has 0 saturated carbocycles. The summed E-state index contributed by atoms with van der Waals surface area (Å²) in [5, 5.41) is 13.0. The Hall–Kier alpha value is -1.63. The smallest absolute Gasteiger partial charge is 0.239 e. The van der Waals surface area contributed by atoms with E-state index in [-0.39, 0.29) is 11.9 Å². The predicted molar refractivity (Wildman–Crippen MR) is 76.1 cm³/mol. The largest absolute Gasteiger partial charge is 0.398 e. The van der Waals surface area contributed by atoms with E-state index in [9.17, 15) is 9.90 Å². The van der Waals surface area contributed by atoms with E-state index in [0.29, 0.717) is 37.6 Å². The Morgan fingerprint density at radius 2 is 2.35 bits per heavy atom. The molecule has 0 radical (unpaired) electrons. The molecule has 1 aliphatic rings. The molecule has 1 amide bonds. The van der Waals surface area contributed by atoms with Gasteiger partial charge in [0.1, 0.15) is 6.04 Å². The second-order valence-electron chi connectivity index (χ2n) is 4.84. The summed E-state index contributed by atoms with van der Waals surface area (Å²) in [5.74, 6) is -0.0991. The van der Waals surface area contributed by atoms with E-state index in [1.807, 2.05) is 17.0 Å². The van der Waals surface area contributed by atoms with Crippen LogP contribution in [-0.2, 0) is 9.53 Å². The minimum atomic E-state index is -0.721. The van der Waals surface area contributed by atoms with Crippen LogP contribution in [0.5, 0.6) is 0 Å². The third-order valence-corrected chi connectivity index (χ3v) is 3.55. The zero-order valence-electron chi connectivity index (χ0n) is 11.6. The van der Waals surface area contributed by atoms with E-state index >= 15 is 0 Å². The van der Waals surface area contributed by atoms with Gasteiger partial charge in [0.2, 0.25) is 5.91 Å². The number of carbonyl (C=O) groups is 1. The van der Waals surface area contributed by atoms with Gasteiger partial charge in [-0.2, -0.15) is 0 Å². The van der Waals surface area contributed by atoms with Gasteiger partial charge in [-0.1, -0.05) is 18.2 Å². The first-order valence-electron chi connectivity index (χ1n) is 6.69. The van der Waals surface area contributed by atoms with Gasteiger partial charge >= 0.3 is 0 Å². The normalized spacial score (nSPS) is 21.4. The summed E-state index contributed by atoms with van der Waals surface area (Å²) in [6.07, 6.45) is -0.721. The second-order valence-corrected chi connectivity index (χ2v) is 4.84. The molecular formula is C14H21N3O3. The minimum Gasteiger partial charge on any atom is -0.398 e. The second kappa shape index (κ2) is 6.69. The maximum Gasteiger partial charge on any atom is 0.239 e. The molecule has 0 bridgehead atoms. The van der Waals surface area contributed by atoms with E-state index in [1.165, 1.54) is 0 Å². The number of β-amino-alcohol motifs (C(OH)–C–C–N with tert-alkyl or cyclic N) is 1. The van der Waals surface area contributed by atoms with Crippen molar-refractivity contribution in [2.45, 2.75) is 12.1 Å². The van der Waals surface area contributed by atoms with E-state index in [4.69, 9.17) is 10.5 Å². The number of aliphatic hydroxyl groups is 1. The van der Waals surface area contributed by atoms with Crippen molar-refractivity contribution in [3.8, 4) is 0 Å². The van der Waals surface area contributed by atoms with Gasteiger partial charge in [0, 0.05) is 31.4 Å². The molecule has 6 nitrogen and oxygen atoms in total. The molecule has 6 heteroatoms. The monoisotopic (exact) mass is 279 g/mol.